The summed E-state index contributed by atoms with van der Waals surface area (Å²) in [6.45, 7) is 2.15. The van der Waals surface area contributed by atoms with Gasteiger partial charge in [0.15, 0.2) is 0 Å². The SMILES string of the molecule is Cc1ccc2c(c1)c1c(n2-c2ccccc2C(=O)N(c2ccccc2)c2ccccc2)CCC1. The number of amides is 1. The molecule has 1 heterocycles. The van der Waals surface area contributed by atoms with Crippen LogP contribution in [0.1, 0.15) is 33.6 Å². The van der Waals surface area contributed by atoms with Gasteiger partial charge in [-0.05, 0) is 80.3 Å². The van der Waals surface area contributed by atoms with Gasteiger partial charge in [-0.25, -0.2) is 0 Å². The van der Waals surface area contributed by atoms with Crippen LogP contribution in [0.25, 0.3) is 16.6 Å². The Morgan fingerprint density at radius 2 is 1.41 bits per heavy atom. The predicted molar refractivity (Wildman–Crippen MR) is 139 cm³/mol. The molecule has 34 heavy (non-hydrogen) atoms. The molecule has 1 aliphatic rings. The number of para-hydroxylation sites is 3. The van der Waals surface area contributed by atoms with Gasteiger partial charge in [-0.3, -0.25) is 9.69 Å². The van der Waals surface area contributed by atoms with Crippen molar-refractivity contribution in [2.75, 3.05) is 4.90 Å². The molecule has 0 fully saturated rings. The third-order valence-electron chi connectivity index (χ3n) is 6.78. The van der Waals surface area contributed by atoms with Gasteiger partial charge in [0, 0.05) is 22.5 Å². The lowest BCUT2D eigenvalue weighted by atomic mass is 10.1. The summed E-state index contributed by atoms with van der Waals surface area (Å²) in [5.74, 6) is -0.0336. The van der Waals surface area contributed by atoms with E-state index in [9.17, 15) is 4.79 Å². The van der Waals surface area contributed by atoms with E-state index in [4.69, 9.17) is 0 Å². The maximum atomic E-state index is 14.3. The second kappa shape index (κ2) is 8.35. The first-order chi connectivity index (χ1) is 16.7. The third kappa shape index (κ3) is 3.32. The van der Waals surface area contributed by atoms with Gasteiger partial charge in [0.2, 0.25) is 0 Å². The van der Waals surface area contributed by atoms with Crippen LogP contribution in [0.3, 0.4) is 0 Å². The Labute approximate surface area is 199 Å². The van der Waals surface area contributed by atoms with Gasteiger partial charge in [0.1, 0.15) is 0 Å². The minimum Gasteiger partial charge on any atom is -0.313 e. The van der Waals surface area contributed by atoms with Gasteiger partial charge in [0.05, 0.1) is 16.8 Å². The number of anilines is 2. The molecule has 0 spiro atoms. The molecule has 4 aromatic carbocycles. The zero-order valence-electron chi connectivity index (χ0n) is 19.2. The van der Waals surface area contributed by atoms with Crippen molar-refractivity contribution in [3.63, 3.8) is 0 Å². The molecule has 0 radical (unpaired) electrons. The lowest BCUT2D eigenvalue weighted by molar-refractivity contribution is 0.0999. The summed E-state index contributed by atoms with van der Waals surface area (Å²) < 4.78 is 2.33. The summed E-state index contributed by atoms with van der Waals surface area (Å²) >= 11 is 0. The van der Waals surface area contributed by atoms with Crippen molar-refractivity contribution in [2.24, 2.45) is 0 Å². The molecule has 3 nitrogen and oxygen atoms in total. The van der Waals surface area contributed by atoms with Crippen LogP contribution in [0.15, 0.2) is 103 Å². The molecule has 3 heteroatoms. The maximum Gasteiger partial charge on any atom is 0.264 e. The Morgan fingerprint density at radius 3 is 2.12 bits per heavy atom. The molecule has 5 aromatic rings. The second-order valence-electron chi connectivity index (χ2n) is 8.96. The number of aryl methyl sites for hydroxylation is 2. The Morgan fingerprint density at radius 1 is 0.765 bits per heavy atom. The molecule has 1 aliphatic carbocycles. The van der Waals surface area contributed by atoms with Crippen molar-refractivity contribution in [1.29, 1.82) is 0 Å². The molecule has 0 bridgehead atoms. The number of benzene rings is 4. The Kier molecular flexibility index (Phi) is 5.03. The highest BCUT2D eigenvalue weighted by Crippen LogP contribution is 2.37. The third-order valence-corrected chi connectivity index (χ3v) is 6.78. The van der Waals surface area contributed by atoms with Crippen LogP contribution in [0.2, 0.25) is 0 Å². The Hall–Kier alpha value is -4.11. The zero-order chi connectivity index (χ0) is 23.1. The van der Waals surface area contributed by atoms with Crippen molar-refractivity contribution in [1.82, 2.24) is 4.57 Å². The molecular formula is C31H26N2O. The number of aromatic nitrogens is 1. The minimum atomic E-state index is -0.0336. The number of hydrogen-bond donors (Lipinski definition) is 0. The summed E-state index contributed by atoms with van der Waals surface area (Å²) in [7, 11) is 0. The highest BCUT2D eigenvalue weighted by Gasteiger charge is 2.27. The van der Waals surface area contributed by atoms with Gasteiger partial charge in [0.25, 0.3) is 5.91 Å². The van der Waals surface area contributed by atoms with Crippen molar-refractivity contribution in [2.45, 2.75) is 26.2 Å². The summed E-state index contributed by atoms with van der Waals surface area (Å²) in [5.41, 5.74) is 8.57. The average Bonchev–Trinajstić information content (AvgIpc) is 3.47. The van der Waals surface area contributed by atoms with Gasteiger partial charge in [-0.15, -0.1) is 0 Å². The fourth-order valence-electron chi connectivity index (χ4n) is 5.28. The lowest BCUT2D eigenvalue weighted by Crippen LogP contribution is -2.27. The second-order valence-corrected chi connectivity index (χ2v) is 8.96. The van der Waals surface area contributed by atoms with Gasteiger partial charge < -0.3 is 4.57 Å². The highest BCUT2D eigenvalue weighted by atomic mass is 16.2. The lowest BCUT2D eigenvalue weighted by Gasteiger charge is -2.25. The Bertz CT molecular complexity index is 1460. The van der Waals surface area contributed by atoms with E-state index in [1.807, 2.05) is 83.8 Å². The quantitative estimate of drug-likeness (QED) is 0.284. The highest BCUT2D eigenvalue weighted by molar-refractivity contribution is 6.13. The molecule has 166 valence electrons. The zero-order valence-corrected chi connectivity index (χ0v) is 19.2. The number of rotatable bonds is 4. The molecule has 0 atom stereocenters. The van der Waals surface area contributed by atoms with Crippen LogP contribution in [-0.2, 0) is 12.8 Å². The summed E-state index contributed by atoms with van der Waals surface area (Å²) in [6.07, 6.45) is 3.29. The first-order valence-corrected chi connectivity index (χ1v) is 11.9. The van der Waals surface area contributed by atoms with Crippen molar-refractivity contribution < 1.29 is 4.79 Å². The van der Waals surface area contributed by atoms with Crippen LogP contribution in [0.5, 0.6) is 0 Å². The van der Waals surface area contributed by atoms with Crippen LogP contribution in [0, 0.1) is 6.92 Å². The summed E-state index contributed by atoms with van der Waals surface area (Å²) in [6, 6.07) is 34.5. The van der Waals surface area contributed by atoms with E-state index in [0.29, 0.717) is 5.56 Å². The van der Waals surface area contributed by atoms with Crippen molar-refractivity contribution in [3.05, 3.63) is 126 Å². The first-order valence-electron chi connectivity index (χ1n) is 11.9. The van der Waals surface area contributed by atoms with Gasteiger partial charge in [-0.1, -0.05) is 60.2 Å². The average molecular weight is 443 g/mol. The summed E-state index contributed by atoms with van der Waals surface area (Å²) in [4.78, 5) is 16.1. The molecule has 0 saturated carbocycles. The largest absolute Gasteiger partial charge is 0.313 e. The number of carbonyl (C=O) groups is 1. The predicted octanol–water partition coefficient (Wildman–Crippen LogP) is 7.41. The molecule has 0 aliphatic heterocycles. The topological polar surface area (TPSA) is 25.2 Å². The van der Waals surface area contributed by atoms with E-state index in [0.717, 1.165) is 36.3 Å². The smallest absolute Gasteiger partial charge is 0.264 e. The maximum absolute atomic E-state index is 14.3. The van der Waals surface area contributed by atoms with Crippen LogP contribution < -0.4 is 4.90 Å². The van der Waals surface area contributed by atoms with E-state index < -0.39 is 0 Å². The molecular weight excluding hydrogens is 416 g/mol. The van der Waals surface area contributed by atoms with Crippen LogP contribution in [-0.4, -0.2) is 10.5 Å². The molecule has 0 unspecified atom stereocenters. The van der Waals surface area contributed by atoms with Gasteiger partial charge in [-0.2, -0.15) is 0 Å². The molecule has 1 aromatic heterocycles. The van der Waals surface area contributed by atoms with Crippen LogP contribution in [0.4, 0.5) is 11.4 Å². The number of nitrogens with zero attached hydrogens (tertiary/aromatic N) is 2. The Balaban J connectivity index is 1.56. The van der Waals surface area contributed by atoms with E-state index in [-0.39, 0.29) is 5.91 Å². The molecule has 0 N–H and O–H groups in total. The number of hydrogen-bond acceptors (Lipinski definition) is 1. The standard InChI is InChI=1S/C31H26N2O/c1-22-19-20-30-27(21-22)25-16-10-18-28(25)33(30)29-17-9-8-15-26(29)31(34)32(23-11-4-2-5-12-23)24-13-6-3-7-14-24/h2-9,11-15,17,19-21H,10,16,18H2,1H3. The normalized spacial score (nSPS) is 12.6. The van der Waals surface area contributed by atoms with E-state index >= 15 is 0 Å². The fourth-order valence-corrected chi connectivity index (χ4v) is 5.28. The molecule has 6 rings (SSSR count). The fraction of sp³-hybridized carbons (Fsp3) is 0.129. The van der Waals surface area contributed by atoms with E-state index in [1.54, 1.807) is 0 Å². The van der Waals surface area contributed by atoms with E-state index in [2.05, 4.69) is 35.8 Å². The van der Waals surface area contributed by atoms with Crippen molar-refractivity contribution in [3.8, 4) is 5.69 Å². The van der Waals surface area contributed by atoms with E-state index in [1.165, 1.54) is 27.7 Å². The first kappa shape index (κ1) is 20.5. The minimum absolute atomic E-state index is 0.0336. The monoisotopic (exact) mass is 442 g/mol. The van der Waals surface area contributed by atoms with Crippen molar-refractivity contribution >= 4 is 28.2 Å². The van der Waals surface area contributed by atoms with Gasteiger partial charge >= 0.3 is 0 Å². The number of carbonyl (C=O) groups excluding carboxylic acids is 1. The number of fused-ring (bicyclic) bond motifs is 3. The van der Waals surface area contributed by atoms with Crippen LogP contribution >= 0.6 is 0 Å². The molecule has 0 saturated heterocycles. The molecule has 1 amide bonds. The summed E-state index contributed by atoms with van der Waals surface area (Å²) in [5, 5.41) is 1.32.